The summed E-state index contributed by atoms with van der Waals surface area (Å²) >= 11 is 0. The lowest BCUT2D eigenvalue weighted by molar-refractivity contribution is -0.126. The van der Waals surface area contributed by atoms with E-state index in [2.05, 4.69) is 29.6 Å². The van der Waals surface area contributed by atoms with E-state index in [0.717, 1.165) is 32.1 Å². The highest BCUT2D eigenvalue weighted by Gasteiger charge is 2.28. The molecule has 1 saturated carbocycles. The second-order valence-electron chi connectivity index (χ2n) is 6.63. The molecule has 1 amide bonds. The lowest BCUT2D eigenvalue weighted by Crippen LogP contribution is -2.49. The summed E-state index contributed by atoms with van der Waals surface area (Å²) in [5.74, 6) is 0.335. The maximum Gasteiger partial charge on any atom is 0.223 e. The van der Waals surface area contributed by atoms with E-state index in [1.807, 2.05) is 0 Å². The minimum atomic E-state index is 0.121. The van der Waals surface area contributed by atoms with Gasteiger partial charge in [-0.2, -0.15) is 0 Å². The molecule has 0 spiro atoms. The molecule has 0 bridgehead atoms. The van der Waals surface area contributed by atoms with Gasteiger partial charge in [0.2, 0.25) is 5.91 Å². The van der Waals surface area contributed by atoms with Crippen molar-refractivity contribution in [2.45, 2.75) is 63.5 Å². The third-order valence-corrected chi connectivity index (χ3v) is 5.11. The number of carbonyl (C=O) groups is 1. The summed E-state index contributed by atoms with van der Waals surface area (Å²) in [6.07, 6.45) is 8.57. The molecule has 0 aliphatic heterocycles. The maximum absolute atomic E-state index is 12.6. The van der Waals surface area contributed by atoms with Gasteiger partial charge in [-0.3, -0.25) is 4.79 Å². The Hall–Kier alpha value is -1.35. The third kappa shape index (κ3) is 3.46. The Morgan fingerprint density at radius 2 is 1.81 bits per heavy atom. The van der Waals surface area contributed by atoms with Gasteiger partial charge in [0.1, 0.15) is 0 Å². The normalized spacial score (nSPS) is 29.3. The van der Waals surface area contributed by atoms with E-state index in [9.17, 15) is 4.79 Å². The molecule has 21 heavy (non-hydrogen) atoms. The van der Waals surface area contributed by atoms with E-state index < -0.39 is 0 Å². The Morgan fingerprint density at radius 3 is 2.67 bits per heavy atom. The molecule has 1 fully saturated rings. The van der Waals surface area contributed by atoms with Crippen LogP contribution >= 0.6 is 0 Å². The van der Waals surface area contributed by atoms with E-state index >= 15 is 0 Å². The molecule has 0 aromatic heterocycles. The largest absolute Gasteiger partial charge is 0.352 e. The number of carbonyl (C=O) groups excluding carboxylic acids is 1. The molecule has 3 nitrogen and oxygen atoms in total. The standard InChI is InChI=1S/C18H26N2O/c19-16-8-2-1-3-9-17(16)20-18(21)15-11-10-13-6-4-5-7-14(13)12-15/h4-7,15-17H,1-3,8-12,19H2,(H,20,21). The Balaban J connectivity index is 1.61. The van der Waals surface area contributed by atoms with Gasteiger partial charge in [-0.15, -0.1) is 0 Å². The molecule has 0 saturated heterocycles. The average molecular weight is 286 g/mol. The molecule has 2 aliphatic carbocycles. The first kappa shape index (κ1) is 14.6. The van der Waals surface area contributed by atoms with Crippen LogP contribution in [0.2, 0.25) is 0 Å². The first-order chi connectivity index (χ1) is 10.2. The van der Waals surface area contributed by atoms with Gasteiger partial charge in [-0.25, -0.2) is 0 Å². The molecule has 1 aromatic rings. The molecule has 3 heteroatoms. The van der Waals surface area contributed by atoms with Crippen LogP contribution in [0.3, 0.4) is 0 Å². The van der Waals surface area contributed by atoms with Crippen molar-refractivity contribution in [3.8, 4) is 0 Å². The quantitative estimate of drug-likeness (QED) is 0.821. The summed E-state index contributed by atoms with van der Waals surface area (Å²) in [4.78, 5) is 12.6. The molecular weight excluding hydrogens is 260 g/mol. The van der Waals surface area contributed by atoms with Crippen LogP contribution < -0.4 is 11.1 Å². The van der Waals surface area contributed by atoms with E-state index in [1.54, 1.807) is 0 Å². The van der Waals surface area contributed by atoms with Crippen molar-refractivity contribution in [3.63, 3.8) is 0 Å². The predicted molar refractivity (Wildman–Crippen MR) is 84.9 cm³/mol. The second-order valence-corrected chi connectivity index (χ2v) is 6.63. The van der Waals surface area contributed by atoms with Crippen molar-refractivity contribution >= 4 is 5.91 Å². The van der Waals surface area contributed by atoms with Gasteiger partial charge in [0.15, 0.2) is 0 Å². The van der Waals surface area contributed by atoms with Crippen molar-refractivity contribution in [2.24, 2.45) is 11.7 Å². The van der Waals surface area contributed by atoms with Gasteiger partial charge in [0, 0.05) is 18.0 Å². The van der Waals surface area contributed by atoms with Crippen LogP contribution in [-0.2, 0) is 17.6 Å². The van der Waals surface area contributed by atoms with E-state index in [4.69, 9.17) is 5.73 Å². The van der Waals surface area contributed by atoms with E-state index in [1.165, 1.54) is 30.4 Å². The topological polar surface area (TPSA) is 55.1 Å². The number of nitrogens with two attached hydrogens (primary N) is 1. The molecule has 3 rings (SSSR count). The number of rotatable bonds is 2. The van der Waals surface area contributed by atoms with Crippen molar-refractivity contribution in [1.82, 2.24) is 5.32 Å². The molecule has 2 aliphatic rings. The average Bonchev–Trinajstić information content (AvgIpc) is 2.72. The van der Waals surface area contributed by atoms with Gasteiger partial charge < -0.3 is 11.1 Å². The zero-order valence-electron chi connectivity index (χ0n) is 12.7. The number of hydrogen-bond donors (Lipinski definition) is 2. The highest BCUT2D eigenvalue weighted by Crippen LogP contribution is 2.26. The van der Waals surface area contributed by atoms with Crippen molar-refractivity contribution in [2.75, 3.05) is 0 Å². The first-order valence-corrected chi connectivity index (χ1v) is 8.37. The van der Waals surface area contributed by atoms with Crippen molar-refractivity contribution < 1.29 is 4.79 Å². The minimum absolute atomic E-state index is 0.121. The summed E-state index contributed by atoms with van der Waals surface area (Å²) < 4.78 is 0. The monoisotopic (exact) mass is 286 g/mol. The van der Waals surface area contributed by atoms with Crippen LogP contribution in [0, 0.1) is 5.92 Å². The highest BCUT2D eigenvalue weighted by atomic mass is 16.1. The Labute approximate surface area is 127 Å². The van der Waals surface area contributed by atoms with Gasteiger partial charge in [-0.1, -0.05) is 43.5 Å². The zero-order valence-corrected chi connectivity index (χ0v) is 12.7. The Bertz CT molecular complexity index is 500. The molecule has 3 unspecified atom stereocenters. The van der Waals surface area contributed by atoms with E-state index in [-0.39, 0.29) is 23.9 Å². The lowest BCUT2D eigenvalue weighted by Gasteiger charge is -2.28. The second kappa shape index (κ2) is 6.61. The number of hydrogen-bond acceptors (Lipinski definition) is 2. The van der Waals surface area contributed by atoms with Crippen LogP contribution in [0.4, 0.5) is 0 Å². The molecular formula is C18H26N2O. The summed E-state index contributed by atoms with van der Waals surface area (Å²) in [6, 6.07) is 8.81. The van der Waals surface area contributed by atoms with Crippen LogP contribution in [0.1, 0.15) is 49.7 Å². The highest BCUT2D eigenvalue weighted by molar-refractivity contribution is 5.79. The van der Waals surface area contributed by atoms with Crippen LogP contribution in [0.5, 0.6) is 0 Å². The molecule has 0 heterocycles. The van der Waals surface area contributed by atoms with Crippen LogP contribution in [0.15, 0.2) is 24.3 Å². The fourth-order valence-corrected chi connectivity index (χ4v) is 3.74. The Morgan fingerprint density at radius 1 is 1.05 bits per heavy atom. The van der Waals surface area contributed by atoms with Crippen LogP contribution in [-0.4, -0.2) is 18.0 Å². The molecule has 114 valence electrons. The molecule has 3 atom stereocenters. The molecule has 1 aromatic carbocycles. The van der Waals surface area contributed by atoms with Gasteiger partial charge in [-0.05, 0) is 43.2 Å². The SMILES string of the molecule is NC1CCCCCC1NC(=O)C1CCc2ccccc2C1. The fourth-order valence-electron chi connectivity index (χ4n) is 3.74. The molecule has 3 N–H and O–H groups in total. The third-order valence-electron chi connectivity index (χ3n) is 5.11. The number of aryl methyl sites for hydroxylation is 1. The predicted octanol–water partition coefficient (Wildman–Crippen LogP) is 2.57. The number of amides is 1. The number of benzene rings is 1. The van der Waals surface area contributed by atoms with Gasteiger partial charge >= 0.3 is 0 Å². The van der Waals surface area contributed by atoms with Crippen LogP contribution in [0.25, 0.3) is 0 Å². The summed E-state index contributed by atoms with van der Waals surface area (Å²) in [5, 5.41) is 3.25. The smallest absolute Gasteiger partial charge is 0.223 e. The number of nitrogens with one attached hydrogen (secondary N) is 1. The summed E-state index contributed by atoms with van der Waals surface area (Å²) in [7, 11) is 0. The van der Waals surface area contributed by atoms with Gasteiger partial charge in [0.25, 0.3) is 0 Å². The Kier molecular flexibility index (Phi) is 4.59. The fraction of sp³-hybridized carbons (Fsp3) is 0.611. The van der Waals surface area contributed by atoms with E-state index in [0.29, 0.717) is 0 Å². The van der Waals surface area contributed by atoms with Crippen molar-refractivity contribution in [3.05, 3.63) is 35.4 Å². The maximum atomic E-state index is 12.6. The summed E-state index contributed by atoms with van der Waals surface area (Å²) in [6.45, 7) is 0. The number of fused-ring (bicyclic) bond motifs is 1. The van der Waals surface area contributed by atoms with Gasteiger partial charge in [0.05, 0.1) is 0 Å². The lowest BCUT2D eigenvalue weighted by atomic mass is 9.83. The molecule has 0 radical (unpaired) electrons. The minimum Gasteiger partial charge on any atom is -0.352 e. The summed E-state index contributed by atoms with van der Waals surface area (Å²) in [5.41, 5.74) is 8.97. The van der Waals surface area contributed by atoms with Crippen molar-refractivity contribution in [1.29, 1.82) is 0 Å². The zero-order chi connectivity index (χ0) is 14.7. The first-order valence-electron chi connectivity index (χ1n) is 8.37.